The zero-order chi connectivity index (χ0) is 24.4. The van der Waals surface area contributed by atoms with Crippen LogP contribution in [0.25, 0.3) is 6.08 Å². The molecule has 35 heavy (non-hydrogen) atoms. The number of thioether (sulfide) groups is 1. The molecule has 0 aromatic heterocycles. The van der Waals surface area contributed by atoms with Crippen LogP contribution < -0.4 is 15.1 Å². The monoisotopic (exact) mass is 486 g/mol. The molecule has 3 aromatic rings. The Bertz CT molecular complexity index is 1370. The van der Waals surface area contributed by atoms with Crippen LogP contribution in [0.3, 0.4) is 0 Å². The second kappa shape index (κ2) is 9.55. The third-order valence-corrected chi connectivity index (χ3v) is 6.34. The average molecular weight is 487 g/mol. The van der Waals surface area contributed by atoms with Crippen LogP contribution in [0.5, 0.6) is 0 Å². The molecule has 5 rings (SSSR count). The maximum atomic E-state index is 13.5. The van der Waals surface area contributed by atoms with E-state index in [-0.39, 0.29) is 35.7 Å². The topological polar surface area (TPSA) is 82.1 Å². The third kappa shape index (κ3) is 4.71. The Labute approximate surface area is 205 Å². The summed E-state index contributed by atoms with van der Waals surface area (Å²) in [4.78, 5) is 45.7. The van der Waals surface area contributed by atoms with Gasteiger partial charge in [0, 0.05) is 0 Å². The van der Waals surface area contributed by atoms with Crippen molar-refractivity contribution in [1.29, 1.82) is 0 Å². The van der Waals surface area contributed by atoms with Crippen LogP contribution in [0.4, 0.5) is 21.5 Å². The molecule has 2 aliphatic heterocycles. The smallest absolute Gasteiger partial charge is 0.283 e. The number of nitrogens with zero attached hydrogens (tertiary/aromatic N) is 3. The van der Waals surface area contributed by atoms with Gasteiger partial charge in [0.05, 0.1) is 22.8 Å². The number of amides is 3. The quantitative estimate of drug-likeness (QED) is 0.558. The lowest BCUT2D eigenvalue weighted by molar-refractivity contribution is -0.120. The van der Waals surface area contributed by atoms with Gasteiger partial charge in [-0.2, -0.15) is 0 Å². The van der Waals surface area contributed by atoms with E-state index in [2.05, 4.69) is 10.3 Å². The van der Waals surface area contributed by atoms with Gasteiger partial charge in [-0.1, -0.05) is 54.2 Å². The van der Waals surface area contributed by atoms with Gasteiger partial charge < -0.3 is 10.2 Å². The summed E-state index contributed by atoms with van der Waals surface area (Å²) in [6.07, 6.45) is 1.67. The number of rotatable bonds is 4. The van der Waals surface area contributed by atoms with Crippen molar-refractivity contribution in [3.63, 3.8) is 0 Å². The van der Waals surface area contributed by atoms with E-state index in [1.54, 1.807) is 30.3 Å². The maximum Gasteiger partial charge on any atom is 0.283 e. The molecule has 2 heterocycles. The average Bonchev–Trinajstić information content (AvgIpc) is 3.17. The lowest BCUT2D eigenvalue weighted by atomic mass is 10.2. The van der Waals surface area contributed by atoms with Crippen molar-refractivity contribution < 1.29 is 18.8 Å². The number of anilines is 3. The summed E-state index contributed by atoms with van der Waals surface area (Å²) in [6.45, 7) is -0.0946. The number of halogens is 1. The largest absolute Gasteiger partial charge is 0.323 e. The first kappa shape index (κ1) is 22.5. The fourth-order valence-electron chi connectivity index (χ4n) is 3.78. The van der Waals surface area contributed by atoms with Gasteiger partial charge in [-0.05, 0) is 48.0 Å². The molecule has 2 aliphatic rings. The Morgan fingerprint density at radius 3 is 2.49 bits per heavy atom. The second-order valence-electron chi connectivity index (χ2n) is 7.79. The molecule has 0 unspecified atom stereocenters. The number of carbonyl (C=O) groups is 3. The minimum atomic E-state index is -0.427. The maximum absolute atomic E-state index is 13.5. The minimum Gasteiger partial charge on any atom is -0.323 e. The van der Waals surface area contributed by atoms with Crippen LogP contribution in [0.2, 0.25) is 0 Å². The number of aliphatic imine (C=N–C) groups is 1. The molecule has 7 nitrogen and oxygen atoms in total. The number of para-hydroxylation sites is 2. The van der Waals surface area contributed by atoms with E-state index in [1.807, 2.05) is 30.3 Å². The highest BCUT2D eigenvalue weighted by atomic mass is 32.2. The highest BCUT2D eigenvalue weighted by molar-refractivity contribution is 8.14. The molecule has 0 fully saturated rings. The Morgan fingerprint density at radius 1 is 1.00 bits per heavy atom. The van der Waals surface area contributed by atoms with Crippen molar-refractivity contribution in [2.75, 3.05) is 27.4 Å². The van der Waals surface area contributed by atoms with Crippen LogP contribution in [0, 0.1) is 5.82 Å². The summed E-state index contributed by atoms with van der Waals surface area (Å²) in [5.41, 5.74) is 2.63. The first-order valence-electron chi connectivity index (χ1n) is 10.8. The van der Waals surface area contributed by atoms with E-state index < -0.39 is 5.82 Å². The highest BCUT2D eigenvalue weighted by Crippen LogP contribution is 2.32. The van der Waals surface area contributed by atoms with Crippen molar-refractivity contribution >= 4 is 57.8 Å². The molecule has 0 aliphatic carbocycles. The lowest BCUT2D eigenvalue weighted by Crippen LogP contribution is -2.43. The molecule has 0 bridgehead atoms. The Kier molecular flexibility index (Phi) is 6.15. The van der Waals surface area contributed by atoms with E-state index in [0.29, 0.717) is 22.2 Å². The zero-order valence-electron chi connectivity index (χ0n) is 18.3. The van der Waals surface area contributed by atoms with Gasteiger partial charge in [0.15, 0.2) is 5.17 Å². The molecule has 0 saturated carbocycles. The standard InChI is InChI=1S/C26H19FN4O3S/c27-18-10-12-19(13-11-18)31-25(34)21(14-17-6-2-1-3-7-17)29-26(31)35-16-24(33)30-15-23(32)28-20-8-4-5-9-22(20)30/h1-14H,15-16H2,(H,28,32). The molecule has 3 aromatic carbocycles. The van der Waals surface area contributed by atoms with Crippen LogP contribution in [0.15, 0.2) is 89.6 Å². The van der Waals surface area contributed by atoms with Crippen molar-refractivity contribution in [1.82, 2.24) is 0 Å². The summed E-state index contributed by atoms with van der Waals surface area (Å²) in [7, 11) is 0. The molecular weight excluding hydrogens is 467 g/mol. The van der Waals surface area contributed by atoms with E-state index in [0.717, 1.165) is 17.3 Å². The Morgan fingerprint density at radius 2 is 1.71 bits per heavy atom. The van der Waals surface area contributed by atoms with Gasteiger partial charge in [-0.25, -0.2) is 9.38 Å². The van der Waals surface area contributed by atoms with Crippen LogP contribution in [-0.4, -0.2) is 35.2 Å². The van der Waals surface area contributed by atoms with Gasteiger partial charge in [-0.3, -0.25) is 19.3 Å². The normalized spacial score (nSPS) is 16.3. The summed E-state index contributed by atoms with van der Waals surface area (Å²) in [5.74, 6) is -1.44. The minimum absolute atomic E-state index is 0.0515. The van der Waals surface area contributed by atoms with Crippen LogP contribution in [0.1, 0.15) is 5.56 Å². The van der Waals surface area contributed by atoms with Crippen molar-refractivity contribution in [2.45, 2.75) is 0 Å². The van der Waals surface area contributed by atoms with Gasteiger partial charge in [0.25, 0.3) is 5.91 Å². The summed E-state index contributed by atoms with van der Waals surface area (Å²) >= 11 is 1.08. The molecule has 0 radical (unpaired) electrons. The SMILES string of the molecule is O=C1CN(C(=O)CSC2=NC(=Cc3ccccc3)C(=O)N2c2ccc(F)cc2)c2ccccc2N1. The lowest BCUT2D eigenvalue weighted by Gasteiger charge is -2.29. The number of benzene rings is 3. The van der Waals surface area contributed by atoms with E-state index in [4.69, 9.17) is 0 Å². The number of hydrogen-bond acceptors (Lipinski definition) is 5. The molecular formula is C26H19FN4O3S. The number of amidine groups is 1. The van der Waals surface area contributed by atoms with E-state index >= 15 is 0 Å². The zero-order valence-corrected chi connectivity index (χ0v) is 19.2. The van der Waals surface area contributed by atoms with Crippen molar-refractivity contribution in [3.05, 3.63) is 95.9 Å². The predicted molar refractivity (Wildman–Crippen MR) is 136 cm³/mol. The Hall–Kier alpha value is -4.24. The molecule has 9 heteroatoms. The molecule has 0 atom stereocenters. The first-order chi connectivity index (χ1) is 17.0. The molecule has 0 saturated heterocycles. The fraction of sp³-hybridized carbons (Fsp3) is 0.0769. The third-order valence-electron chi connectivity index (χ3n) is 5.41. The van der Waals surface area contributed by atoms with E-state index in [1.165, 1.54) is 34.1 Å². The van der Waals surface area contributed by atoms with Gasteiger partial charge >= 0.3 is 0 Å². The number of fused-ring (bicyclic) bond motifs is 1. The Balaban J connectivity index is 1.42. The molecule has 3 amide bonds. The highest BCUT2D eigenvalue weighted by Gasteiger charge is 2.33. The van der Waals surface area contributed by atoms with E-state index in [9.17, 15) is 18.8 Å². The summed E-state index contributed by atoms with van der Waals surface area (Å²) < 4.78 is 13.5. The summed E-state index contributed by atoms with van der Waals surface area (Å²) in [5, 5.41) is 3.05. The predicted octanol–water partition coefficient (Wildman–Crippen LogP) is 4.29. The molecule has 174 valence electrons. The molecule has 1 N–H and O–H groups in total. The number of hydrogen-bond donors (Lipinski definition) is 1. The summed E-state index contributed by atoms with van der Waals surface area (Å²) in [6, 6.07) is 21.9. The van der Waals surface area contributed by atoms with Gasteiger partial charge in [-0.15, -0.1) is 0 Å². The fourth-order valence-corrected chi connectivity index (χ4v) is 4.67. The van der Waals surface area contributed by atoms with Gasteiger partial charge in [0.2, 0.25) is 11.8 Å². The second-order valence-corrected chi connectivity index (χ2v) is 8.73. The van der Waals surface area contributed by atoms with Gasteiger partial charge in [0.1, 0.15) is 18.1 Å². The van der Waals surface area contributed by atoms with Crippen LogP contribution >= 0.6 is 11.8 Å². The number of nitrogens with one attached hydrogen (secondary N) is 1. The van der Waals surface area contributed by atoms with Crippen molar-refractivity contribution in [3.8, 4) is 0 Å². The van der Waals surface area contributed by atoms with Crippen molar-refractivity contribution in [2.24, 2.45) is 4.99 Å². The van der Waals surface area contributed by atoms with Crippen LogP contribution in [-0.2, 0) is 14.4 Å². The molecule has 0 spiro atoms. The number of carbonyl (C=O) groups excluding carboxylic acids is 3. The first-order valence-corrected chi connectivity index (χ1v) is 11.8.